The standard InChI is InChI=1S/C14H22N4/c1-4-10(5-2)9(3)17-14-7-13-11(6-12(14)15)8-16-18-13/h6-10,17H,4-5,15H2,1-3H3,(H,16,18). The number of hydrogen-bond acceptors (Lipinski definition) is 3. The van der Waals surface area contributed by atoms with Crippen molar-refractivity contribution in [2.45, 2.75) is 39.7 Å². The molecule has 0 bridgehead atoms. The van der Waals surface area contributed by atoms with E-state index in [1.807, 2.05) is 12.1 Å². The van der Waals surface area contributed by atoms with Gasteiger partial charge in [0.15, 0.2) is 0 Å². The first-order valence-electron chi connectivity index (χ1n) is 6.64. The molecule has 2 rings (SSSR count). The molecule has 0 saturated heterocycles. The molecule has 0 fully saturated rings. The van der Waals surface area contributed by atoms with E-state index in [4.69, 9.17) is 5.73 Å². The number of nitrogens with one attached hydrogen (secondary N) is 2. The molecule has 98 valence electrons. The second kappa shape index (κ2) is 5.29. The van der Waals surface area contributed by atoms with Crippen LogP contribution in [0.25, 0.3) is 10.9 Å². The van der Waals surface area contributed by atoms with E-state index in [0.717, 1.165) is 22.3 Å². The number of hydrogen-bond donors (Lipinski definition) is 3. The van der Waals surface area contributed by atoms with Gasteiger partial charge in [0.1, 0.15) is 0 Å². The van der Waals surface area contributed by atoms with Crippen molar-refractivity contribution in [3.63, 3.8) is 0 Å². The molecule has 0 aliphatic heterocycles. The first kappa shape index (κ1) is 12.7. The molecule has 2 aromatic rings. The molecule has 18 heavy (non-hydrogen) atoms. The second-order valence-electron chi connectivity index (χ2n) is 4.91. The third-order valence-corrected chi connectivity index (χ3v) is 3.75. The Morgan fingerprint density at radius 3 is 2.72 bits per heavy atom. The number of anilines is 2. The summed E-state index contributed by atoms with van der Waals surface area (Å²) in [5.41, 5.74) is 8.86. The van der Waals surface area contributed by atoms with Gasteiger partial charge >= 0.3 is 0 Å². The zero-order valence-corrected chi connectivity index (χ0v) is 11.3. The number of aromatic amines is 1. The highest BCUT2D eigenvalue weighted by Crippen LogP contribution is 2.27. The summed E-state index contributed by atoms with van der Waals surface area (Å²) in [7, 11) is 0. The number of H-pyrrole nitrogens is 1. The zero-order chi connectivity index (χ0) is 13.1. The summed E-state index contributed by atoms with van der Waals surface area (Å²) < 4.78 is 0. The third kappa shape index (κ3) is 2.42. The fourth-order valence-electron chi connectivity index (χ4n) is 2.49. The number of rotatable bonds is 5. The Balaban J connectivity index is 2.22. The van der Waals surface area contributed by atoms with Crippen LogP contribution in [0.4, 0.5) is 11.4 Å². The fraction of sp³-hybridized carbons (Fsp3) is 0.500. The zero-order valence-electron chi connectivity index (χ0n) is 11.3. The van der Waals surface area contributed by atoms with Crippen molar-refractivity contribution in [2.24, 2.45) is 5.92 Å². The molecule has 1 unspecified atom stereocenters. The maximum absolute atomic E-state index is 6.07. The van der Waals surface area contributed by atoms with Crippen molar-refractivity contribution in [1.29, 1.82) is 0 Å². The van der Waals surface area contributed by atoms with Crippen LogP contribution in [0.2, 0.25) is 0 Å². The lowest BCUT2D eigenvalue weighted by Gasteiger charge is -2.24. The molecule has 0 spiro atoms. The van der Waals surface area contributed by atoms with Crippen molar-refractivity contribution in [1.82, 2.24) is 10.2 Å². The number of nitrogen functional groups attached to an aromatic ring is 1. The summed E-state index contributed by atoms with van der Waals surface area (Å²) >= 11 is 0. The maximum Gasteiger partial charge on any atom is 0.0672 e. The first-order chi connectivity index (χ1) is 8.65. The Kier molecular flexibility index (Phi) is 3.75. The summed E-state index contributed by atoms with van der Waals surface area (Å²) in [6.45, 7) is 6.68. The third-order valence-electron chi connectivity index (χ3n) is 3.75. The van der Waals surface area contributed by atoms with Crippen LogP contribution in [0.5, 0.6) is 0 Å². The van der Waals surface area contributed by atoms with E-state index >= 15 is 0 Å². The van der Waals surface area contributed by atoms with Crippen molar-refractivity contribution in [3.05, 3.63) is 18.3 Å². The van der Waals surface area contributed by atoms with E-state index in [-0.39, 0.29) is 0 Å². The number of nitrogens with zero attached hydrogens (tertiary/aromatic N) is 1. The Morgan fingerprint density at radius 2 is 2.06 bits per heavy atom. The van der Waals surface area contributed by atoms with Gasteiger partial charge in [-0.2, -0.15) is 5.10 Å². The number of benzene rings is 1. The molecule has 1 heterocycles. The lowest BCUT2D eigenvalue weighted by Crippen LogP contribution is -2.25. The number of nitrogens with two attached hydrogens (primary N) is 1. The molecule has 0 aliphatic rings. The van der Waals surface area contributed by atoms with E-state index in [1.54, 1.807) is 6.20 Å². The van der Waals surface area contributed by atoms with Crippen LogP contribution >= 0.6 is 0 Å². The quantitative estimate of drug-likeness (QED) is 0.708. The van der Waals surface area contributed by atoms with Crippen LogP contribution < -0.4 is 11.1 Å². The molecule has 1 aromatic heterocycles. The monoisotopic (exact) mass is 246 g/mol. The summed E-state index contributed by atoms with van der Waals surface area (Å²) in [4.78, 5) is 0. The molecule has 4 N–H and O–H groups in total. The molecule has 0 amide bonds. The second-order valence-corrected chi connectivity index (χ2v) is 4.91. The Labute approximate surface area is 108 Å². The Morgan fingerprint density at radius 1 is 1.33 bits per heavy atom. The average molecular weight is 246 g/mol. The summed E-state index contributed by atoms with van der Waals surface area (Å²) in [5, 5.41) is 11.6. The summed E-state index contributed by atoms with van der Waals surface area (Å²) in [6, 6.07) is 4.42. The van der Waals surface area contributed by atoms with E-state index in [1.165, 1.54) is 12.8 Å². The van der Waals surface area contributed by atoms with Crippen LogP contribution in [-0.4, -0.2) is 16.2 Å². The van der Waals surface area contributed by atoms with E-state index in [0.29, 0.717) is 12.0 Å². The van der Waals surface area contributed by atoms with Crippen molar-refractivity contribution in [3.8, 4) is 0 Å². The highest BCUT2D eigenvalue weighted by molar-refractivity contribution is 5.88. The average Bonchev–Trinajstić information content (AvgIpc) is 2.78. The van der Waals surface area contributed by atoms with Crippen LogP contribution in [-0.2, 0) is 0 Å². The van der Waals surface area contributed by atoms with Gasteiger partial charge in [0.2, 0.25) is 0 Å². The van der Waals surface area contributed by atoms with Gasteiger partial charge in [-0.1, -0.05) is 26.7 Å². The number of aromatic nitrogens is 2. The van der Waals surface area contributed by atoms with Crippen LogP contribution in [0.1, 0.15) is 33.6 Å². The van der Waals surface area contributed by atoms with Crippen LogP contribution in [0.3, 0.4) is 0 Å². The van der Waals surface area contributed by atoms with Gasteiger partial charge in [-0.25, -0.2) is 0 Å². The molecule has 4 nitrogen and oxygen atoms in total. The van der Waals surface area contributed by atoms with Crippen LogP contribution in [0.15, 0.2) is 18.3 Å². The van der Waals surface area contributed by atoms with Gasteiger partial charge < -0.3 is 11.1 Å². The highest BCUT2D eigenvalue weighted by Gasteiger charge is 2.14. The molecular weight excluding hydrogens is 224 g/mol. The molecule has 1 aromatic carbocycles. The SMILES string of the molecule is CCC(CC)C(C)Nc1cc2[nH]ncc2cc1N. The normalized spacial score (nSPS) is 13.1. The van der Waals surface area contributed by atoms with Gasteiger partial charge in [0.25, 0.3) is 0 Å². The van der Waals surface area contributed by atoms with Crippen molar-refractivity contribution >= 4 is 22.3 Å². The van der Waals surface area contributed by atoms with Gasteiger partial charge in [-0.05, 0) is 25.0 Å². The first-order valence-corrected chi connectivity index (χ1v) is 6.64. The summed E-state index contributed by atoms with van der Waals surface area (Å²) in [6.07, 6.45) is 4.15. The highest BCUT2D eigenvalue weighted by atomic mass is 15.1. The summed E-state index contributed by atoms with van der Waals surface area (Å²) in [5.74, 6) is 0.668. The van der Waals surface area contributed by atoms with Crippen molar-refractivity contribution < 1.29 is 0 Å². The lowest BCUT2D eigenvalue weighted by molar-refractivity contribution is 0.438. The van der Waals surface area contributed by atoms with E-state index in [2.05, 4.69) is 36.3 Å². The fourth-order valence-corrected chi connectivity index (χ4v) is 2.49. The topological polar surface area (TPSA) is 66.7 Å². The molecule has 4 heteroatoms. The van der Waals surface area contributed by atoms with Gasteiger partial charge in [0, 0.05) is 11.4 Å². The Bertz CT molecular complexity index is 513. The largest absolute Gasteiger partial charge is 0.397 e. The maximum atomic E-state index is 6.07. The van der Waals surface area contributed by atoms with E-state index in [9.17, 15) is 0 Å². The van der Waals surface area contributed by atoms with Crippen molar-refractivity contribution in [2.75, 3.05) is 11.1 Å². The minimum Gasteiger partial charge on any atom is -0.397 e. The van der Waals surface area contributed by atoms with E-state index < -0.39 is 0 Å². The van der Waals surface area contributed by atoms with Gasteiger partial charge in [-0.15, -0.1) is 0 Å². The molecule has 0 saturated carbocycles. The van der Waals surface area contributed by atoms with Gasteiger partial charge in [0.05, 0.1) is 23.1 Å². The Hall–Kier alpha value is -1.71. The van der Waals surface area contributed by atoms with Gasteiger partial charge in [-0.3, -0.25) is 5.10 Å². The molecule has 1 atom stereocenters. The predicted molar refractivity (Wildman–Crippen MR) is 77.7 cm³/mol. The molecular formula is C14H22N4. The minimum atomic E-state index is 0.419. The molecule has 0 aliphatic carbocycles. The smallest absolute Gasteiger partial charge is 0.0672 e. The lowest BCUT2D eigenvalue weighted by atomic mass is 9.95. The number of fused-ring (bicyclic) bond motifs is 1. The molecule has 0 radical (unpaired) electrons. The van der Waals surface area contributed by atoms with Crippen LogP contribution in [0, 0.1) is 5.92 Å². The minimum absolute atomic E-state index is 0.419. The predicted octanol–water partition coefficient (Wildman–Crippen LogP) is 3.38.